The number of rotatable bonds is 4. The van der Waals surface area contributed by atoms with E-state index in [4.69, 9.17) is 0 Å². The van der Waals surface area contributed by atoms with Crippen molar-refractivity contribution in [3.63, 3.8) is 0 Å². The van der Waals surface area contributed by atoms with Gasteiger partial charge in [-0.25, -0.2) is 8.78 Å². The van der Waals surface area contributed by atoms with Gasteiger partial charge in [0.15, 0.2) is 23.9 Å². The quantitative estimate of drug-likeness (QED) is 0.585. The number of hydrogen-bond acceptors (Lipinski definition) is 2. The van der Waals surface area contributed by atoms with Gasteiger partial charge in [0.05, 0.1) is 6.42 Å². The maximum absolute atomic E-state index is 12.1. The first-order valence-electron chi connectivity index (χ1n) is 3.28. The first-order valence-corrected chi connectivity index (χ1v) is 3.28. The molecule has 11 heavy (non-hydrogen) atoms. The van der Waals surface area contributed by atoms with Gasteiger partial charge in [-0.1, -0.05) is 0 Å². The van der Waals surface area contributed by atoms with Crippen LogP contribution in [0.1, 0.15) is 20.3 Å². The van der Waals surface area contributed by atoms with Gasteiger partial charge < -0.3 is 0 Å². The minimum absolute atomic E-state index is 0.644. The highest BCUT2D eigenvalue weighted by Gasteiger charge is 2.19. The van der Waals surface area contributed by atoms with Crippen LogP contribution in [0.4, 0.5) is 8.78 Å². The molecule has 2 nitrogen and oxygen atoms in total. The smallest absolute Gasteiger partial charge is 0.174 e. The summed E-state index contributed by atoms with van der Waals surface area (Å²) in [6.45, 7) is 2.05. The van der Waals surface area contributed by atoms with E-state index < -0.39 is 30.3 Å². The van der Waals surface area contributed by atoms with Gasteiger partial charge in [0.25, 0.3) is 0 Å². The van der Waals surface area contributed by atoms with E-state index in [1.807, 2.05) is 0 Å². The number of carbonyl (C=O) groups is 2. The number of hydrogen-bond donors (Lipinski definition) is 0. The molecule has 2 atom stereocenters. The second kappa shape index (κ2) is 4.16. The Bertz CT molecular complexity index is 146. The van der Waals surface area contributed by atoms with Gasteiger partial charge in [0.2, 0.25) is 0 Å². The Morgan fingerprint density at radius 3 is 1.55 bits per heavy atom. The second-order valence-corrected chi connectivity index (χ2v) is 2.34. The summed E-state index contributed by atoms with van der Waals surface area (Å²) < 4.78 is 24.2. The molecule has 0 fully saturated rings. The molecule has 0 aliphatic carbocycles. The van der Waals surface area contributed by atoms with Crippen LogP contribution < -0.4 is 0 Å². The fourth-order valence-electron chi connectivity index (χ4n) is 0.453. The molecule has 2 unspecified atom stereocenters. The van der Waals surface area contributed by atoms with Crippen LogP contribution in [-0.2, 0) is 9.59 Å². The zero-order valence-corrected chi connectivity index (χ0v) is 6.43. The molecule has 0 aliphatic heterocycles. The molecule has 0 aromatic rings. The zero-order valence-electron chi connectivity index (χ0n) is 6.43. The topological polar surface area (TPSA) is 34.1 Å². The Balaban J connectivity index is 3.86. The predicted molar refractivity (Wildman–Crippen MR) is 35.8 cm³/mol. The lowest BCUT2D eigenvalue weighted by Crippen LogP contribution is -2.21. The summed E-state index contributed by atoms with van der Waals surface area (Å²) in [4.78, 5) is 21.0. The highest BCUT2D eigenvalue weighted by molar-refractivity contribution is 6.02. The van der Waals surface area contributed by atoms with Crippen LogP contribution in [-0.4, -0.2) is 23.9 Å². The normalized spacial score (nSPS) is 15.6. The summed E-state index contributed by atoms with van der Waals surface area (Å²) in [5.41, 5.74) is 0. The Hall–Kier alpha value is -0.800. The summed E-state index contributed by atoms with van der Waals surface area (Å²) >= 11 is 0. The highest BCUT2D eigenvalue weighted by atomic mass is 19.1. The van der Waals surface area contributed by atoms with Gasteiger partial charge in [-0.05, 0) is 13.8 Å². The minimum Gasteiger partial charge on any atom is -0.296 e. The summed E-state index contributed by atoms with van der Waals surface area (Å²) in [6, 6.07) is 0. The van der Waals surface area contributed by atoms with E-state index in [2.05, 4.69) is 0 Å². The Morgan fingerprint density at radius 2 is 1.36 bits per heavy atom. The molecular formula is C7H10F2O2. The SMILES string of the molecule is CC(F)C(=O)CC(=O)C(C)F. The van der Waals surface area contributed by atoms with Crippen molar-refractivity contribution in [3.8, 4) is 0 Å². The van der Waals surface area contributed by atoms with Gasteiger partial charge >= 0.3 is 0 Å². The summed E-state index contributed by atoms with van der Waals surface area (Å²) in [5.74, 6) is -1.72. The van der Waals surface area contributed by atoms with Crippen molar-refractivity contribution >= 4 is 11.6 Å². The molecule has 0 aliphatic rings. The van der Waals surface area contributed by atoms with Crippen LogP contribution in [0, 0.1) is 0 Å². The van der Waals surface area contributed by atoms with Gasteiger partial charge in [0, 0.05) is 0 Å². The number of Topliss-reactive ketones (excluding diaryl/α,β-unsaturated/α-hetero) is 2. The molecule has 4 heteroatoms. The monoisotopic (exact) mass is 164 g/mol. The van der Waals surface area contributed by atoms with E-state index in [1.165, 1.54) is 0 Å². The minimum atomic E-state index is -1.68. The molecule has 0 heterocycles. The lowest BCUT2D eigenvalue weighted by molar-refractivity contribution is -0.131. The lowest BCUT2D eigenvalue weighted by Gasteiger charge is -2.00. The van der Waals surface area contributed by atoms with Crippen molar-refractivity contribution in [2.75, 3.05) is 0 Å². The largest absolute Gasteiger partial charge is 0.296 e. The van der Waals surface area contributed by atoms with E-state index in [9.17, 15) is 18.4 Å². The molecule has 0 N–H and O–H groups in total. The highest BCUT2D eigenvalue weighted by Crippen LogP contribution is 2.01. The van der Waals surface area contributed by atoms with E-state index in [1.54, 1.807) is 0 Å². The van der Waals surface area contributed by atoms with Crippen LogP contribution in [0.3, 0.4) is 0 Å². The van der Waals surface area contributed by atoms with Crippen molar-refractivity contribution in [3.05, 3.63) is 0 Å². The van der Waals surface area contributed by atoms with Crippen molar-refractivity contribution in [1.29, 1.82) is 0 Å². The molecule has 0 amide bonds. The third-order valence-electron chi connectivity index (χ3n) is 1.24. The maximum Gasteiger partial charge on any atom is 0.174 e. The molecule has 0 rings (SSSR count). The van der Waals surface area contributed by atoms with Crippen molar-refractivity contribution in [2.24, 2.45) is 0 Å². The Morgan fingerprint density at radius 1 is 1.09 bits per heavy atom. The lowest BCUT2D eigenvalue weighted by atomic mass is 10.1. The van der Waals surface area contributed by atoms with Crippen LogP contribution in [0.2, 0.25) is 0 Å². The molecule has 0 saturated heterocycles. The number of carbonyl (C=O) groups excluding carboxylic acids is 2. The average molecular weight is 164 g/mol. The molecule has 0 radical (unpaired) electrons. The molecule has 0 saturated carbocycles. The molecular weight excluding hydrogens is 154 g/mol. The van der Waals surface area contributed by atoms with Crippen LogP contribution >= 0.6 is 0 Å². The first kappa shape index (κ1) is 10.2. The van der Waals surface area contributed by atoms with Gasteiger partial charge in [-0.15, -0.1) is 0 Å². The fourth-order valence-corrected chi connectivity index (χ4v) is 0.453. The zero-order chi connectivity index (χ0) is 9.02. The van der Waals surface area contributed by atoms with Crippen molar-refractivity contribution in [1.82, 2.24) is 0 Å². The Labute approximate surface area is 63.6 Å². The van der Waals surface area contributed by atoms with E-state index in [0.717, 1.165) is 13.8 Å². The molecule has 0 bridgehead atoms. The van der Waals surface area contributed by atoms with Crippen LogP contribution in [0.25, 0.3) is 0 Å². The second-order valence-electron chi connectivity index (χ2n) is 2.34. The summed E-state index contributed by atoms with van der Waals surface area (Å²) in [7, 11) is 0. The first-order chi connectivity index (χ1) is 4.95. The van der Waals surface area contributed by atoms with Crippen LogP contribution in [0.5, 0.6) is 0 Å². The summed E-state index contributed by atoms with van der Waals surface area (Å²) in [6.07, 6.45) is -4.01. The van der Waals surface area contributed by atoms with E-state index >= 15 is 0 Å². The van der Waals surface area contributed by atoms with Crippen molar-refractivity contribution in [2.45, 2.75) is 32.6 Å². The summed E-state index contributed by atoms with van der Waals surface area (Å²) in [5, 5.41) is 0. The predicted octanol–water partition coefficient (Wildman–Crippen LogP) is 1.23. The van der Waals surface area contributed by atoms with E-state index in [-0.39, 0.29) is 0 Å². The third kappa shape index (κ3) is 3.80. The Kier molecular flexibility index (Phi) is 3.85. The van der Waals surface area contributed by atoms with Gasteiger partial charge in [-0.3, -0.25) is 9.59 Å². The van der Waals surface area contributed by atoms with Crippen molar-refractivity contribution < 1.29 is 18.4 Å². The number of halogens is 2. The molecule has 0 spiro atoms. The average Bonchev–Trinajstić information content (AvgIpc) is 1.87. The fraction of sp³-hybridized carbons (Fsp3) is 0.714. The third-order valence-corrected chi connectivity index (χ3v) is 1.24. The maximum atomic E-state index is 12.1. The van der Waals surface area contributed by atoms with Gasteiger partial charge in [-0.2, -0.15) is 0 Å². The standard InChI is InChI=1S/C7H10F2O2/c1-4(8)6(10)3-7(11)5(2)9/h4-5H,3H2,1-2H3. The van der Waals surface area contributed by atoms with Gasteiger partial charge in [0.1, 0.15) is 0 Å². The molecule has 64 valence electrons. The van der Waals surface area contributed by atoms with E-state index in [0.29, 0.717) is 0 Å². The van der Waals surface area contributed by atoms with Crippen LogP contribution in [0.15, 0.2) is 0 Å². The molecule has 0 aromatic heterocycles. The molecule has 0 aromatic carbocycles. The number of ketones is 2. The number of alkyl halides is 2.